The van der Waals surface area contributed by atoms with E-state index in [1.165, 1.54) is 0 Å². The van der Waals surface area contributed by atoms with Gasteiger partial charge in [-0.15, -0.1) is 0 Å². The molecule has 0 atom stereocenters. The van der Waals surface area contributed by atoms with Crippen LogP contribution in [-0.2, 0) is 11.2 Å². The summed E-state index contributed by atoms with van der Waals surface area (Å²) in [6.45, 7) is 1.38. The normalized spacial score (nSPS) is 16.0. The summed E-state index contributed by atoms with van der Waals surface area (Å²) >= 11 is 6.39. The third kappa shape index (κ3) is 4.51. The van der Waals surface area contributed by atoms with Gasteiger partial charge in [0.1, 0.15) is 11.6 Å². The van der Waals surface area contributed by atoms with Crippen LogP contribution in [0.5, 0.6) is 11.6 Å². The van der Waals surface area contributed by atoms with Crippen LogP contribution in [0.15, 0.2) is 42.6 Å². The van der Waals surface area contributed by atoms with E-state index in [1.807, 2.05) is 30.3 Å². The number of fused-ring (bicyclic) bond motifs is 2. The number of pyridine rings is 2. The van der Waals surface area contributed by atoms with Crippen molar-refractivity contribution in [2.45, 2.75) is 38.2 Å². The second-order valence-corrected chi connectivity index (χ2v) is 9.66. The third-order valence-electron chi connectivity index (χ3n) is 6.90. The fraction of sp³-hybridized carbons (Fsp3) is 0.321. The quantitative estimate of drug-likeness (QED) is 0.318. The first kappa shape index (κ1) is 23.8. The van der Waals surface area contributed by atoms with Gasteiger partial charge in [0.2, 0.25) is 5.88 Å². The van der Waals surface area contributed by atoms with Crippen LogP contribution in [0.1, 0.15) is 41.7 Å². The zero-order valence-corrected chi connectivity index (χ0v) is 21.2. The van der Waals surface area contributed by atoms with E-state index in [0.29, 0.717) is 58.7 Å². The zero-order chi connectivity index (χ0) is 25.4. The van der Waals surface area contributed by atoms with Crippen molar-refractivity contribution in [3.8, 4) is 22.9 Å². The second-order valence-electron chi connectivity index (χ2n) is 9.26. The molecule has 0 radical (unpaired) electrons. The lowest BCUT2D eigenvalue weighted by Gasteiger charge is -2.22. The molecule has 0 unspecified atom stereocenters. The Morgan fingerprint density at radius 1 is 1.14 bits per heavy atom. The highest BCUT2D eigenvalue weighted by molar-refractivity contribution is 6.32. The molecule has 8 nitrogen and oxygen atoms in total. The molecule has 37 heavy (non-hydrogen) atoms. The first-order chi connectivity index (χ1) is 18.1. The molecule has 1 aliphatic carbocycles. The largest absolute Gasteiger partial charge is 0.493 e. The number of aromatic nitrogens is 3. The number of hydrogen-bond donors (Lipinski definition) is 2. The number of para-hydroxylation sites is 1. The number of methoxy groups -OCH3 is 1. The van der Waals surface area contributed by atoms with Gasteiger partial charge in [-0.2, -0.15) is 0 Å². The molecule has 4 aromatic rings. The minimum Gasteiger partial charge on any atom is -0.493 e. The topological polar surface area (TPSA) is 98.4 Å². The molecule has 4 heterocycles. The minimum atomic E-state index is 0.0711. The first-order valence-electron chi connectivity index (χ1n) is 12.5. The molecule has 0 spiro atoms. The zero-order valence-electron chi connectivity index (χ0n) is 20.5. The molecule has 190 valence electrons. The Labute approximate surface area is 219 Å². The molecule has 0 bridgehead atoms. The predicted octanol–water partition coefficient (Wildman–Crippen LogP) is 6.11. The number of hydrogen-bond acceptors (Lipinski definition) is 7. The van der Waals surface area contributed by atoms with Crippen LogP contribution in [0, 0.1) is 0 Å². The molecule has 1 aromatic carbocycles. The lowest BCUT2D eigenvalue weighted by molar-refractivity contribution is 0.0239. The summed E-state index contributed by atoms with van der Waals surface area (Å²) < 4.78 is 17.2. The van der Waals surface area contributed by atoms with Gasteiger partial charge >= 0.3 is 0 Å². The van der Waals surface area contributed by atoms with E-state index in [2.05, 4.69) is 15.3 Å². The average molecular weight is 519 g/mol. The summed E-state index contributed by atoms with van der Waals surface area (Å²) in [5.41, 5.74) is 5.97. The predicted molar refractivity (Wildman–Crippen MR) is 142 cm³/mol. The van der Waals surface area contributed by atoms with Gasteiger partial charge in [0, 0.05) is 42.8 Å². The Balaban J connectivity index is 1.48. The van der Waals surface area contributed by atoms with Crippen LogP contribution in [0.25, 0.3) is 22.3 Å². The maximum atomic E-state index is 13.1. The van der Waals surface area contributed by atoms with Crippen molar-refractivity contribution < 1.29 is 19.0 Å². The minimum absolute atomic E-state index is 0.0711. The number of benzene rings is 1. The summed E-state index contributed by atoms with van der Waals surface area (Å²) in [7, 11) is 1.57. The highest BCUT2D eigenvalue weighted by Crippen LogP contribution is 2.43. The number of nitrogens with zero attached hydrogens (tertiary/aromatic N) is 2. The molecule has 2 N–H and O–H groups in total. The molecule has 9 heteroatoms. The Morgan fingerprint density at radius 3 is 2.84 bits per heavy atom. The van der Waals surface area contributed by atoms with Crippen LogP contribution in [0.2, 0.25) is 5.02 Å². The highest BCUT2D eigenvalue weighted by Gasteiger charge is 2.29. The maximum absolute atomic E-state index is 13.1. The molecular weight excluding hydrogens is 492 g/mol. The number of nitrogens with one attached hydrogen (secondary N) is 2. The van der Waals surface area contributed by atoms with Crippen molar-refractivity contribution in [3.05, 3.63) is 58.9 Å². The maximum Gasteiger partial charge on any atom is 0.214 e. The summed E-state index contributed by atoms with van der Waals surface area (Å²) in [5, 5.41) is 3.94. The lowest BCUT2D eigenvalue weighted by atomic mass is 9.94. The van der Waals surface area contributed by atoms with Gasteiger partial charge in [-0.1, -0.05) is 17.7 Å². The van der Waals surface area contributed by atoms with E-state index >= 15 is 0 Å². The molecule has 6 rings (SSSR count). The molecular formula is C28H27ClN4O4. The number of H-pyrrole nitrogens is 1. The number of ether oxygens (including phenoxy) is 3. The number of rotatable bonds is 6. The Morgan fingerprint density at radius 2 is 2.00 bits per heavy atom. The van der Waals surface area contributed by atoms with Crippen molar-refractivity contribution in [2.24, 2.45) is 0 Å². The number of halogens is 1. The molecule has 0 amide bonds. The SMILES string of the molecule is COc1c(Cl)cccc1Nc1c(-c2ccnc3ccc(OC4CCOCC4)nc23)[nH]c2c1C(=O)CCC2. The second kappa shape index (κ2) is 10.0. The number of carbonyl (C=O) groups excluding carboxylic acids is 1. The van der Waals surface area contributed by atoms with Crippen LogP contribution >= 0.6 is 11.6 Å². The number of Topliss-reactive ketones (excluding diaryl/α,β-unsaturated/α-hetero) is 1. The number of aromatic amines is 1. The van der Waals surface area contributed by atoms with E-state index in [4.69, 9.17) is 30.8 Å². The van der Waals surface area contributed by atoms with Crippen molar-refractivity contribution in [1.82, 2.24) is 15.0 Å². The molecule has 0 saturated carbocycles. The summed E-state index contributed by atoms with van der Waals surface area (Å²) in [6, 6.07) is 11.2. The monoisotopic (exact) mass is 518 g/mol. The van der Waals surface area contributed by atoms with Crippen LogP contribution < -0.4 is 14.8 Å². The van der Waals surface area contributed by atoms with Gasteiger partial charge in [0.15, 0.2) is 11.5 Å². The van der Waals surface area contributed by atoms with Gasteiger partial charge in [0.25, 0.3) is 0 Å². The van der Waals surface area contributed by atoms with Gasteiger partial charge in [-0.05, 0) is 37.1 Å². The molecule has 3 aromatic heterocycles. The summed E-state index contributed by atoms with van der Waals surface area (Å²) in [5.74, 6) is 1.16. The standard InChI is InChI=1S/C28H27ClN4O4/c1-35-28-18(29)4-2-6-21(28)32-27-24-19(5-3-7-22(24)34)31-26(27)17-10-13-30-20-8-9-23(33-25(17)20)37-16-11-14-36-15-12-16/h2,4,6,8-10,13,16,31-32H,3,5,7,11-12,14-15H2,1H3. The van der Waals surface area contributed by atoms with E-state index in [-0.39, 0.29) is 11.9 Å². The van der Waals surface area contributed by atoms with E-state index in [9.17, 15) is 4.79 Å². The highest BCUT2D eigenvalue weighted by atomic mass is 35.5. The number of ketones is 1. The van der Waals surface area contributed by atoms with Crippen molar-refractivity contribution >= 4 is 39.8 Å². The van der Waals surface area contributed by atoms with Crippen molar-refractivity contribution in [2.75, 3.05) is 25.6 Å². The van der Waals surface area contributed by atoms with Gasteiger partial charge in [0.05, 0.1) is 53.5 Å². The van der Waals surface area contributed by atoms with Gasteiger partial charge in [-0.25, -0.2) is 4.98 Å². The number of anilines is 2. The smallest absolute Gasteiger partial charge is 0.214 e. The Hall–Kier alpha value is -3.62. The van der Waals surface area contributed by atoms with Crippen LogP contribution in [-0.4, -0.2) is 47.2 Å². The Kier molecular flexibility index (Phi) is 6.44. The number of carbonyl (C=O) groups is 1. The van der Waals surface area contributed by atoms with E-state index in [1.54, 1.807) is 19.4 Å². The van der Waals surface area contributed by atoms with Crippen LogP contribution in [0.4, 0.5) is 11.4 Å². The van der Waals surface area contributed by atoms with Crippen molar-refractivity contribution in [3.63, 3.8) is 0 Å². The Bertz CT molecular complexity index is 1480. The molecule has 1 fully saturated rings. The number of aryl methyl sites for hydroxylation is 1. The van der Waals surface area contributed by atoms with E-state index < -0.39 is 0 Å². The lowest BCUT2D eigenvalue weighted by Crippen LogP contribution is -2.26. The average Bonchev–Trinajstić information content (AvgIpc) is 3.28. The van der Waals surface area contributed by atoms with Crippen molar-refractivity contribution in [1.29, 1.82) is 0 Å². The third-order valence-corrected chi connectivity index (χ3v) is 7.20. The molecule has 1 aliphatic heterocycles. The fourth-order valence-corrected chi connectivity index (χ4v) is 5.37. The summed E-state index contributed by atoms with van der Waals surface area (Å²) in [4.78, 5) is 26.0. The van der Waals surface area contributed by atoms with Gasteiger partial charge in [-0.3, -0.25) is 9.78 Å². The first-order valence-corrected chi connectivity index (χ1v) is 12.9. The van der Waals surface area contributed by atoms with E-state index in [0.717, 1.165) is 48.2 Å². The molecule has 2 aliphatic rings. The van der Waals surface area contributed by atoms with Gasteiger partial charge < -0.3 is 24.5 Å². The molecule has 1 saturated heterocycles. The summed E-state index contributed by atoms with van der Waals surface area (Å²) in [6.07, 6.45) is 5.60. The van der Waals surface area contributed by atoms with Crippen LogP contribution in [0.3, 0.4) is 0 Å². The fourth-order valence-electron chi connectivity index (χ4n) is 5.11.